The molecule has 14 heteroatoms. The van der Waals surface area contributed by atoms with Gasteiger partial charge in [-0.2, -0.15) is 0 Å². The highest BCUT2D eigenvalue weighted by molar-refractivity contribution is 5.92. The predicted octanol–water partition coefficient (Wildman–Crippen LogP) is 1.75. The largest absolute Gasteiger partial charge is 0.477 e. The first-order valence-electron chi connectivity index (χ1n) is 13.0. The lowest BCUT2D eigenvalue weighted by atomic mass is 9.97. The lowest BCUT2D eigenvalue weighted by Gasteiger charge is -2.10. The highest BCUT2D eigenvalue weighted by Gasteiger charge is 2.30. The molecule has 0 bridgehead atoms. The molecule has 0 amide bonds. The molecular weight excluding hydrogens is 544 g/mol. The SMILES string of the molecule is CCOC(=O)Cc1c(Cc2[nH]c(C(=O)O)c(CC(=O)OCC)c2CC(=O)OCC)[nH]c(C(=O)O)c1CC(=O)OCC. The lowest BCUT2D eigenvalue weighted by Crippen LogP contribution is -2.15. The molecule has 41 heavy (non-hydrogen) atoms. The fourth-order valence-electron chi connectivity index (χ4n) is 4.36. The maximum Gasteiger partial charge on any atom is 0.352 e. The number of rotatable bonds is 16. The van der Waals surface area contributed by atoms with Crippen LogP contribution in [-0.2, 0) is 70.2 Å². The van der Waals surface area contributed by atoms with E-state index >= 15 is 0 Å². The molecule has 2 rings (SSSR count). The van der Waals surface area contributed by atoms with Gasteiger partial charge in [-0.15, -0.1) is 0 Å². The molecule has 0 aliphatic carbocycles. The summed E-state index contributed by atoms with van der Waals surface area (Å²) in [6, 6.07) is 0. The fourth-order valence-corrected chi connectivity index (χ4v) is 4.36. The van der Waals surface area contributed by atoms with Gasteiger partial charge in [0.05, 0.1) is 52.1 Å². The van der Waals surface area contributed by atoms with Crippen molar-refractivity contribution >= 4 is 35.8 Å². The van der Waals surface area contributed by atoms with E-state index in [2.05, 4.69) is 9.97 Å². The molecule has 224 valence electrons. The fraction of sp³-hybridized carbons (Fsp3) is 0.481. The number of hydrogen-bond donors (Lipinski definition) is 4. The van der Waals surface area contributed by atoms with Gasteiger partial charge in [-0.3, -0.25) is 19.2 Å². The third kappa shape index (κ3) is 8.68. The number of H-pyrrole nitrogens is 2. The average Bonchev–Trinajstić information content (AvgIpc) is 3.38. The van der Waals surface area contributed by atoms with Crippen LogP contribution in [0.15, 0.2) is 0 Å². The van der Waals surface area contributed by atoms with Crippen LogP contribution in [0.25, 0.3) is 0 Å². The van der Waals surface area contributed by atoms with Crippen LogP contribution in [0.1, 0.15) is 82.3 Å². The number of aromatic carboxylic acids is 2. The van der Waals surface area contributed by atoms with Gasteiger partial charge in [0.1, 0.15) is 11.4 Å². The minimum atomic E-state index is -1.41. The molecule has 0 fully saturated rings. The molecule has 0 spiro atoms. The summed E-state index contributed by atoms with van der Waals surface area (Å²) in [4.78, 5) is 79.3. The van der Waals surface area contributed by atoms with Crippen LogP contribution in [0, 0.1) is 0 Å². The smallest absolute Gasteiger partial charge is 0.352 e. The Kier molecular flexibility index (Phi) is 12.1. The summed E-state index contributed by atoms with van der Waals surface area (Å²) in [7, 11) is 0. The molecule has 4 N–H and O–H groups in total. The second-order valence-electron chi connectivity index (χ2n) is 8.59. The lowest BCUT2D eigenvalue weighted by molar-refractivity contribution is -0.143. The normalized spacial score (nSPS) is 10.6. The molecule has 2 aromatic rings. The Morgan fingerprint density at radius 3 is 1.02 bits per heavy atom. The zero-order chi connectivity index (χ0) is 30.7. The molecule has 0 aromatic carbocycles. The molecule has 0 saturated carbocycles. The topological polar surface area (TPSA) is 211 Å². The van der Waals surface area contributed by atoms with E-state index in [0.717, 1.165) is 0 Å². The Morgan fingerprint density at radius 1 is 0.512 bits per heavy atom. The number of aromatic amines is 2. The standard InChI is InChI=1S/C27H34N2O12/c1-5-38-20(30)9-14-16(11-22(32)40-7-3)24(26(34)35)28-18(14)13-19-15(10-21(31)39-6-2)17(12-23(33)41-8-4)25(29-19)27(36)37/h28-29H,5-13H2,1-4H3,(H,34,35)(H,36,37). The Bertz CT molecular complexity index is 1210. The van der Waals surface area contributed by atoms with Crippen molar-refractivity contribution in [2.45, 2.75) is 59.8 Å². The zero-order valence-corrected chi connectivity index (χ0v) is 23.3. The van der Waals surface area contributed by atoms with Gasteiger partial charge in [0, 0.05) is 17.8 Å². The first-order chi connectivity index (χ1) is 19.5. The third-order valence-corrected chi connectivity index (χ3v) is 5.90. The number of esters is 4. The first kappa shape index (κ1) is 32.6. The van der Waals surface area contributed by atoms with Gasteiger partial charge >= 0.3 is 35.8 Å². The van der Waals surface area contributed by atoms with Gasteiger partial charge in [-0.1, -0.05) is 0 Å². The molecule has 0 radical (unpaired) electrons. The molecule has 14 nitrogen and oxygen atoms in total. The van der Waals surface area contributed by atoms with E-state index in [-0.39, 0.29) is 77.9 Å². The summed E-state index contributed by atoms with van der Waals surface area (Å²) in [5, 5.41) is 19.7. The highest BCUT2D eigenvalue weighted by Crippen LogP contribution is 2.29. The van der Waals surface area contributed by atoms with Crippen LogP contribution in [-0.4, -0.2) is 82.4 Å². The van der Waals surface area contributed by atoms with Crippen molar-refractivity contribution < 1.29 is 57.9 Å². The van der Waals surface area contributed by atoms with Crippen LogP contribution in [0.5, 0.6) is 0 Å². The van der Waals surface area contributed by atoms with Gasteiger partial charge < -0.3 is 39.1 Å². The van der Waals surface area contributed by atoms with Crippen molar-refractivity contribution in [2.24, 2.45) is 0 Å². The summed E-state index contributed by atoms with van der Waals surface area (Å²) in [5.74, 6) is -5.65. The van der Waals surface area contributed by atoms with Gasteiger partial charge in [0.25, 0.3) is 0 Å². The molecule has 0 saturated heterocycles. The minimum Gasteiger partial charge on any atom is -0.477 e. The highest BCUT2D eigenvalue weighted by atomic mass is 16.5. The Morgan fingerprint density at radius 2 is 0.780 bits per heavy atom. The van der Waals surface area contributed by atoms with Gasteiger partial charge in [0.2, 0.25) is 0 Å². The van der Waals surface area contributed by atoms with Crippen LogP contribution in [0.3, 0.4) is 0 Å². The average molecular weight is 579 g/mol. The maximum atomic E-state index is 12.5. The Balaban J connectivity index is 2.76. The summed E-state index contributed by atoms with van der Waals surface area (Å²) in [6.07, 6.45) is -1.96. The zero-order valence-electron chi connectivity index (χ0n) is 23.3. The van der Waals surface area contributed by atoms with Crippen LogP contribution < -0.4 is 0 Å². The van der Waals surface area contributed by atoms with E-state index in [1.807, 2.05) is 0 Å². The number of nitrogens with one attached hydrogen (secondary N) is 2. The van der Waals surface area contributed by atoms with Gasteiger partial charge in [-0.25, -0.2) is 9.59 Å². The van der Waals surface area contributed by atoms with Gasteiger partial charge in [0.15, 0.2) is 0 Å². The second kappa shape index (κ2) is 15.2. The van der Waals surface area contributed by atoms with E-state index < -0.39 is 61.5 Å². The summed E-state index contributed by atoms with van der Waals surface area (Å²) in [5.41, 5.74) is -0.122. The minimum absolute atomic E-state index is 0.00251. The number of carboxylic acid groups (broad SMARTS) is 2. The number of aromatic nitrogens is 2. The summed E-state index contributed by atoms with van der Waals surface area (Å²) < 4.78 is 20.0. The molecule has 0 atom stereocenters. The van der Waals surface area contributed by atoms with Crippen LogP contribution in [0.4, 0.5) is 0 Å². The summed E-state index contributed by atoms with van der Waals surface area (Å²) in [6.45, 7) is 6.56. The van der Waals surface area contributed by atoms with Crippen molar-refractivity contribution in [3.05, 3.63) is 45.0 Å². The van der Waals surface area contributed by atoms with E-state index in [1.54, 1.807) is 27.7 Å². The number of carbonyl (C=O) groups is 6. The monoisotopic (exact) mass is 578 g/mol. The van der Waals surface area contributed by atoms with E-state index in [9.17, 15) is 39.0 Å². The molecule has 0 aliphatic heterocycles. The summed E-state index contributed by atoms with van der Waals surface area (Å²) >= 11 is 0. The molecule has 2 heterocycles. The second-order valence-corrected chi connectivity index (χ2v) is 8.59. The van der Waals surface area contributed by atoms with E-state index in [1.165, 1.54) is 0 Å². The predicted molar refractivity (Wildman–Crippen MR) is 140 cm³/mol. The number of carbonyl (C=O) groups excluding carboxylic acids is 4. The van der Waals surface area contributed by atoms with Crippen molar-refractivity contribution in [3.8, 4) is 0 Å². The van der Waals surface area contributed by atoms with E-state index in [0.29, 0.717) is 0 Å². The van der Waals surface area contributed by atoms with Gasteiger partial charge in [-0.05, 0) is 49.9 Å². The Hall–Kier alpha value is -4.62. The number of hydrogen-bond acceptors (Lipinski definition) is 10. The van der Waals surface area contributed by atoms with Crippen LogP contribution >= 0.6 is 0 Å². The quantitative estimate of drug-likeness (QED) is 0.166. The Labute approximate surface area is 235 Å². The maximum absolute atomic E-state index is 12.5. The van der Waals surface area contributed by atoms with E-state index in [4.69, 9.17) is 18.9 Å². The van der Waals surface area contributed by atoms with Crippen molar-refractivity contribution in [1.82, 2.24) is 9.97 Å². The van der Waals surface area contributed by atoms with Crippen LogP contribution in [0.2, 0.25) is 0 Å². The van der Waals surface area contributed by atoms with Crippen molar-refractivity contribution in [2.75, 3.05) is 26.4 Å². The molecule has 2 aromatic heterocycles. The third-order valence-electron chi connectivity index (χ3n) is 5.90. The number of ether oxygens (including phenoxy) is 4. The molecule has 0 aliphatic rings. The molecular formula is C27H34N2O12. The van der Waals surface area contributed by atoms with Crippen molar-refractivity contribution in [1.29, 1.82) is 0 Å². The number of carboxylic acids is 2. The molecule has 0 unspecified atom stereocenters. The first-order valence-corrected chi connectivity index (χ1v) is 13.0. The van der Waals surface area contributed by atoms with Crippen molar-refractivity contribution in [3.63, 3.8) is 0 Å².